The molecule has 1 fully saturated rings. The monoisotopic (exact) mass is 448 g/mol. The van der Waals surface area contributed by atoms with Crippen LogP contribution in [0.4, 0.5) is 11.4 Å². The number of anilines is 2. The number of piperazine rings is 1. The minimum absolute atomic E-state index is 0.128. The highest BCUT2D eigenvalue weighted by Gasteiger charge is 2.25. The Morgan fingerprint density at radius 3 is 2.62 bits per heavy atom. The highest BCUT2D eigenvalue weighted by molar-refractivity contribution is 7.21. The van der Waals surface area contributed by atoms with Crippen LogP contribution in [0.15, 0.2) is 42.9 Å². The fourth-order valence-electron chi connectivity index (χ4n) is 4.52. The van der Waals surface area contributed by atoms with Crippen LogP contribution in [0.1, 0.15) is 15.2 Å². The Balaban J connectivity index is 1.32. The number of rotatable bonds is 4. The van der Waals surface area contributed by atoms with Gasteiger partial charge in [-0.25, -0.2) is 0 Å². The lowest BCUT2D eigenvalue weighted by molar-refractivity contribution is -0.130. The Hall–Kier alpha value is -3.59. The van der Waals surface area contributed by atoms with Crippen LogP contribution in [-0.4, -0.2) is 52.4 Å². The molecule has 8 nitrogen and oxygen atoms in total. The number of thiophene rings is 1. The molecule has 0 spiro atoms. The predicted octanol–water partition coefficient (Wildman–Crippen LogP) is 2.36. The molecular formula is C23H24N6O2S. The van der Waals surface area contributed by atoms with Crippen LogP contribution < -0.4 is 16.4 Å². The summed E-state index contributed by atoms with van der Waals surface area (Å²) in [4.78, 5) is 33.5. The number of amides is 2. The molecule has 4 heterocycles. The number of carbonyl (C=O) groups is 2. The van der Waals surface area contributed by atoms with Crippen molar-refractivity contribution < 1.29 is 9.59 Å². The van der Waals surface area contributed by atoms with E-state index in [1.54, 1.807) is 12.4 Å². The molecule has 32 heavy (non-hydrogen) atoms. The Morgan fingerprint density at radius 1 is 1.12 bits per heavy atom. The highest BCUT2D eigenvalue weighted by atomic mass is 32.1. The third kappa shape index (κ3) is 3.34. The molecular weight excluding hydrogens is 424 g/mol. The van der Waals surface area contributed by atoms with E-state index in [1.165, 1.54) is 11.3 Å². The van der Waals surface area contributed by atoms with Crippen LogP contribution in [-0.2, 0) is 18.3 Å². The number of aromatic nitrogens is 2. The topological polar surface area (TPSA) is 110 Å². The summed E-state index contributed by atoms with van der Waals surface area (Å²) in [5, 5.41) is 1.94. The summed E-state index contributed by atoms with van der Waals surface area (Å²) < 4.78 is 2.90. The molecule has 0 radical (unpaired) electrons. The smallest absolute Gasteiger partial charge is 0.260 e. The van der Waals surface area contributed by atoms with Crippen LogP contribution in [0.3, 0.4) is 0 Å². The molecule has 164 valence electrons. The lowest BCUT2D eigenvalue weighted by Gasteiger charge is -2.36. The first-order chi connectivity index (χ1) is 15.4. The second-order valence-corrected chi connectivity index (χ2v) is 9.12. The molecule has 0 atom stereocenters. The van der Waals surface area contributed by atoms with Gasteiger partial charge in [0.25, 0.3) is 5.91 Å². The van der Waals surface area contributed by atoms with E-state index in [1.807, 2.05) is 30.3 Å². The number of pyridine rings is 1. The number of aryl methyl sites for hydroxylation is 1. The van der Waals surface area contributed by atoms with Crippen molar-refractivity contribution in [3.8, 4) is 0 Å². The number of nitrogens with two attached hydrogens (primary N) is 2. The van der Waals surface area contributed by atoms with Gasteiger partial charge < -0.3 is 25.8 Å². The van der Waals surface area contributed by atoms with E-state index in [2.05, 4.69) is 26.6 Å². The zero-order valence-electron chi connectivity index (χ0n) is 17.7. The molecule has 0 unspecified atom stereocenters. The first kappa shape index (κ1) is 20.3. The van der Waals surface area contributed by atoms with E-state index in [9.17, 15) is 9.59 Å². The number of fused-ring (bicyclic) bond motifs is 2. The molecule has 0 bridgehead atoms. The number of benzene rings is 1. The predicted molar refractivity (Wildman–Crippen MR) is 128 cm³/mol. The number of hydrogen-bond acceptors (Lipinski definition) is 6. The molecule has 0 saturated carbocycles. The lowest BCUT2D eigenvalue weighted by atomic mass is 10.1. The van der Waals surface area contributed by atoms with Gasteiger partial charge in [0, 0.05) is 61.9 Å². The van der Waals surface area contributed by atoms with Crippen LogP contribution >= 0.6 is 11.3 Å². The van der Waals surface area contributed by atoms with Crippen molar-refractivity contribution in [3.63, 3.8) is 0 Å². The Morgan fingerprint density at radius 2 is 1.88 bits per heavy atom. The van der Waals surface area contributed by atoms with Gasteiger partial charge in [-0.3, -0.25) is 14.6 Å². The van der Waals surface area contributed by atoms with Crippen molar-refractivity contribution in [2.75, 3.05) is 36.8 Å². The van der Waals surface area contributed by atoms with Gasteiger partial charge in [-0.15, -0.1) is 11.3 Å². The maximum Gasteiger partial charge on any atom is 0.260 e. The number of primary amides is 1. The molecule has 9 heteroatoms. The Labute approximate surface area is 189 Å². The average molecular weight is 449 g/mol. The summed E-state index contributed by atoms with van der Waals surface area (Å²) in [5.41, 5.74) is 15.2. The molecule has 4 N–H and O–H groups in total. The highest BCUT2D eigenvalue weighted by Crippen LogP contribution is 2.39. The van der Waals surface area contributed by atoms with Gasteiger partial charge in [-0.2, -0.15) is 0 Å². The van der Waals surface area contributed by atoms with E-state index in [0.29, 0.717) is 43.2 Å². The second-order valence-electron chi connectivity index (χ2n) is 8.07. The van der Waals surface area contributed by atoms with E-state index in [-0.39, 0.29) is 5.91 Å². The van der Waals surface area contributed by atoms with Crippen molar-refractivity contribution in [2.45, 2.75) is 6.42 Å². The molecule has 5 rings (SSSR count). The summed E-state index contributed by atoms with van der Waals surface area (Å²) in [6.45, 7) is 2.58. The van der Waals surface area contributed by atoms with Gasteiger partial charge in [0.1, 0.15) is 4.88 Å². The fraction of sp³-hybridized carbons (Fsp3) is 0.261. The van der Waals surface area contributed by atoms with E-state index >= 15 is 0 Å². The minimum Gasteiger partial charge on any atom is -0.397 e. The van der Waals surface area contributed by atoms with E-state index in [0.717, 1.165) is 32.2 Å². The molecule has 1 aliphatic heterocycles. The second kappa shape index (κ2) is 7.83. The molecule has 0 aliphatic carbocycles. The molecule has 1 aliphatic rings. The number of hydrogen-bond donors (Lipinski definition) is 2. The van der Waals surface area contributed by atoms with Crippen molar-refractivity contribution in [1.82, 2.24) is 14.5 Å². The van der Waals surface area contributed by atoms with Gasteiger partial charge in [0.15, 0.2) is 0 Å². The van der Waals surface area contributed by atoms with Gasteiger partial charge >= 0.3 is 0 Å². The van der Waals surface area contributed by atoms with Crippen LogP contribution in [0.2, 0.25) is 0 Å². The van der Waals surface area contributed by atoms with Gasteiger partial charge in [0.2, 0.25) is 5.91 Å². The summed E-state index contributed by atoms with van der Waals surface area (Å²) >= 11 is 1.26. The molecule has 2 amide bonds. The average Bonchev–Trinajstić information content (AvgIpc) is 3.31. The molecule has 4 aromatic rings. The van der Waals surface area contributed by atoms with E-state index in [4.69, 9.17) is 11.5 Å². The maximum absolute atomic E-state index is 13.0. The standard InChI is InChI=1S/C23H24N6O2S/c1-27-13-14(15-4-2-3-5-16(15)27)10-19(30)29-8-6-28(7-9-29)17-11-26-12-18-20(17)21(24)22(32-18)23(25)31/h2-5,11-13H,6-10,24H2,1H3,(H2,25,31). The van der Waals surface area contributed by atoms with Gasteiger partial charge in [-0.05, 0) is 11.6 Å². The van der Waals surface area contributed by atoms with Crippen molar-refractivity contribution >= 4 is 55.5 Å². The van der Waals surface area contributed by atoms with Crippen molar-refractivity contribution in [1.29, 1.82) is 0 Å². The van der Waals surface area contributed by atoms with Crippen molar-refractivity contribution in [2.24, 2.45) is 12.8 Å². The normalized spacial score (nSPS) is 14.4. The Kier molecular flexibility index (Phi) is 4.97. The Bertz CT molecular complexity index is 1350. The largest absolute Gasteiger partial charge is 0.397 e. The summed E-state index contributed by atoms with van der Waals surface area (Å²) in [6, 6.07) is 8.14. The molecule has 1 saturated heterocycles. The first-order valence-corrected chi connectivity index (χ1v) is 11.3. The summed E-state index contributed by atoms with van der Waals surface area (Å²) in [7, 11) is 2.00. The minimum atomic E-state index is -0.529. The number of nitrogen functional groups attached to an aromatic ring is 1. The number of nitrogens with zero attached hydrogens (tertiary/aromatic N) is 4. The lowest BCUT2D eigenvalue weighted by Crippen LogP contribution is -2.49. The fourth-order valence-corrected chi connectivity index (χ4v) is 5.48. The third-order valence-electron chi connectivity index (χ3n) is 6.14. The quantitative estimate of drug-likeness (QED) is 0.498. The number of para-hydroxylation sites is 1. The van der Waals surface area contributed by atoms with E-state index < -0.39 is 5.91 Å². The molecule has 1 aromatic carbocycles. The zero-order valence-corrected chi connectivity index (χ0v) is 18.6. The summed E-state index contributed by atoms with van der Waals surface area (Å²) in [6.07, 6.45) is 5.90. The molecule has 3 aromatic heterocycles. The van der Waals surface area contributed by atoms with Crippen LogP contribution in [0, 0.1) is 0 Å². The maximum atomic E-state index is 13.0. The number of carbonyl (C=O) groups excluding carboxylic acids is 2. The van der Waals surface area contributed by atoms with Gasteiger partial charge in [0.05, 0.1) is 28.7 Å². The van der Waals surface area contributed by atoms with Crippen LogP contribution in [0.25, 0.3) is 21.0 Å². The zero-order chi connectivity index (χ0) is 22.4. The van der Waals surface area contributed by atoms with Crippen LogP contribution in [0.5, 0.6) is 0 Å². The third-order valence-corrected chi connectivity index (χ3v) is 7.29. The SMILES string of the molecule is Cn1cc(CC(=O)N2CCN(c3cncc4sc(C(N)=O)c(N)c34)CC2)c2ccccc21. The van der Waals surface area contributed by atoms with Gasteiger partial charge in [-0.1, -0.05) is 18.2 Å². The van der Waals surface area contributed by atoms with Crippen molar-refractivity contribution in [3.05, 3.63) is 53.3 Å². The summed E-state index contributed by atoms with van der Waals surface area (Å²) in [5.74, 6) is -0.401. The first-order valence-electron chi connectivity index (χ1n) is 10.5.